The molecule has 5 rings (SSSR count). The smallest absolute Gasteiger partial charge is 0.275 e. The molecule has 30 heavy (non-hydrogen) atoms. The third kappa shape index (κ3) is 2.93. The minimum absolute atomic E-state index is 0.0310. The second-order valence-electron chi connectivity index (χ2n) is 7.61. The summed E-state index contributed by atoms with van der Waals surface area (Å²) in [6, 6.07) is 7.61. The van der Waals surface area contributed by atoms with Crippen LogP contribution in [0.15, 0.2) is 36.7 Å². The van der Waals surface area contributed by atoms with Gasteiger partial charge in [0, 0.05) is 56.4 Å². The monoisotopic (exact) mass is 420 g/mol. The van der Waals surface area contributed by atoms with Gasteiger partial charge in [-0.15, -0.1) is 11.3 Å². The van der Waals surface area contributed by atoms with E-state index in [1.165, 1.54) is 11.3 Å². The highest BCUT2D eigenvalue weighted by Crippen LogP contribution is 2.39. The SMILES string of the molecule is CN(C)C(=O)c1sc2nccnc2c1[C@H]1CCN(C(=O)c2n[nH]c3ccccc23)C1. The first-order chi connectivity index (χ1) is 14.5. The summed E-state index contributed by atoms with van der Waals surface area (Å²) < 4.78 is 0. The molecule has 3 aromatic heterocycles. The first kappa shape index (κ1) is 18.7. The minimum Gasteiger partial charge on any atom is -0.344 e. The van der Waals surface area contributed by atoms with Crippen LogP contribution in [-0.4, -0.2) is 69.0 Å². The van der Waals surface area contributed by atoms with E-state index in [9.17, 15) is 9.59 Å². The number of likely N-dealkylation sites (tertiary alicyclic amines) is 1. The highest BCUT2D eigenvalue weighted by Gasteiger charge is 2.35. The summed E-state index contributed by atoms with van der Waals surface area (Å²) in [5.41, 5.74) is 2.95. The number of benzene rings is 1. The Balaban J connectivity index is 1.49. The molecule has 8 nitrogen and oxygen atoms in total. The fraction of sp³-hybridized carbons (Fsp3) is 0.286. The maximum absolute atomic E-state index is 13.2. The molecular weight excluding hydrogens is 400 g/mol. The molecular formula is C21H20N6O2S. The molecule has 4 heterocycles. The van der Waals surface area contributed by atoms with Crippen LogP contribution in [0, 0.1) is 0 Å². The van der Waals surface area contributed by atoms with Gasteiger partial charge in [-0.2, -0.15) is 5.10 Å². The molecule has 1 fully saturated rings. The molecule has 0 aliphatic carbocycles. The van der Waals surface area contributed by atoms with Crippen LogP contribution in [0.1, 0.15) is 38.1 Å². The van der Waals surface area contributed by atoms with Crippen LogP contribution in [0.3, 0.4) is 0 Å². The number of H-pyrrole nitrogens is 1. The van der Waals surface area contributed by atoms with Gasteiger partial charge in [-0.3, -0.25) is 19.7 Å². The lowest BCUT2D eigenvalue weighted by atomic mass is 9.97. The molecule has 152 valence electrons. The third-order valence-electron chi connectivity index (χ3n) is 5.52. The highest BCUT2D eigenvalue weighted by molar-refractivity contribution is 7.20. The zero-order valence-electron chi connectivity index (χ0n) is 16.6. The van der Waals surface area contributed by atoms with Crippen molar-refractivity contribution in [2.24, 2.45) is 0 Å². The van der Waals surface area contributed by atoms with E-state index in [1.807, 2.05) is 29.2 Å². The number of nitrogens with one attached hydrogen (secondary N) is 1. The first-order valence-corrected chi connectivity index (χ1v) is 10.5. The van der Waals surface area contributed by atoms with Crippen molar-refractivity contribution in [2.75, 3.05) is 27.2 Å². The second kappa shape index (κ2) is 7.17. The Morgan fingerprint density at radius 3 is 2.83 bits per heavy atom. The minimum atomic E-state index is -0.0962. The van der Waals surface area contributed by atoms with Crippen molar-refractivity contribution in [1.29, 1.82) is 0 Å². The van der Waals surface area contributed by atoms with Gasteiger partial charge in [0.25, 0.3) is 11.8 Å². The molecule has 9 heteroatoms. The van der Waals surface area contributed by atoms with E-state index in [0.717, 1.165) is 33.2 Å². The number of carbonyl (C=O) groups is 2. The second-order valence-corrected chi connectivity index (χ2v) is 8.61. The van der Waals surface area contributed by atoms with E-state index in [4.69, 9.17) is 0 Å². The van der Waals surface area contributed by atoms with Gasteiger partial charge in [-0.25, -0.2) is 4.98 Å². The van der Waals surface area contributed by atoms with Crippen LogP contribution in [0.25, 0.3) is 21.3 Å². The number of hydrogen-bond acceptors (Lipinski definition) is 6. The van der Waals surface area contributed by atoms with Gasteiger partial charge in [-0.05, 0) is 12.5 Å². The van der Waals surface area contributed by atoms with E-state index in [1.54, 1.807) is 31.4 Å². The Bertz CT molecular complexity index is 1280. The molecule has 2 amide bonds. The number of rotatable bonds is 3. The average Bonchev–Trinajstić information content (AvgIpc) is 3.48. The van der Waals surface area contributed by atoms with Gasteiger partial charge in [0.2, 0.25) is 0 Å². The predicted molar refractivity (Wildman–Crippen MR) is 115 cm³/mol. The Morgan fingerprint density at radius 1 is 1.20 bits per heavy atom. The van der Waals surface area contributed by atoms with E-state index in [-0.39, 0.29) is 17.7 Å². The van der Waals surface area contributed by atoms with Gasteiger partial charge in [0.15, 0.2) is 5.69 Å². The number of aromatic amines is 1. The van der Waals surface area contributed by atoms with Crippen LogP contribution in [0.5, 0.6) is 0 Å². The molecule has 0 saturated carbocycles. The maximum Gasteiger partial charge on any atom is 0.275 e. The molecule has 1 saturated heterocycles. The van der Waals surface area contributed by atoms with Crippen molar-refractivity contribution in [2.45, 2.75) is 12.3 Å². The number of para-hydroxylation sites is 1. The topological polar surface area (TPSA) is 95.1 Å². The van der Waals surface area contributed by atoms with Crippen LogP contribution >= 0.6 is 11.3 Å². The lowest BCUT2D eigenvalue weighted by Gasteiger charge is -2.17. The van der Waals surface area contributed by atoms with E-state index in [0.29, 0.717) is 23.7 Å². The molecule has 0 spiro atoms. The first-order valence-electron chi connectivity index (χ1n) is 9.72. The quantitative estimate of drug-likeness (QED) is 0.550. The molecule has 1 atom stereocenters. The summed E-state index contributed by atoms with van der Waals surface area (Å²) in [4.78, 5) is 39.7. The maximum atomic E-state index is 13.2. The van der Waals surface area contributed by atoms with Crippen LogP contribution in [0.2, 0.25) is 0 Å². The van der Waals surface area contributed by atoms with Gasteiger partial charge < -0.3 is 9.80 Å². The normalized spacial score (nSPS) is 16.5. The van der Waals surface area contributed by atoms with Gasteiger partial charge in [-0.1, -0.05) is 18.2 Å². The Labute approximate surface area is 176 Å². The zero-order chi connectivity index (χ0) is 20.8. The average molecular weight is 420 g/mol. The summed E-state index contributed by atoms with van der Waals surface area (Å²) in [6.07, 6.45) is 4.06. The summed E-state index contributed by atoms with van der Waals surface area (Å²) in [5.74, 6) is -0.123. The molecule has 0 unspecified atom stereocenters. The fourth-order valence-corrected chi connectivity index (χ4v) is 5.25. The van der Waals surface area contributed by atoms with Crippen molar-refractivity contribution in [3.8, 4) is 0 Å². The number of nitrogens with zero attached hydrogens (tertiary/aromatic N) is 5. The summed E-state index contributed by atoms with van der Waals surface area (Å²) in [5, 5.41) is 8.00. The van der Waals surface area contributed by atoms with Gasteiger partial charge in [0.1, 0.15) is 10.3 Å². The zero-order valence-corrected chi connectivity index (χ0v) is 17.4. The standard InChI is InChI=1S/C21H20N6O2S/c1-26(2)21(29)18-15(17-19(30-18)23-9-8-22-17)12-7-10-27(11-12)20(28)16-13-5-3-4-6-14(13)24-25-16/h3-6,8-9,12H,7,10-11H2,1-2H3,(H,24,25)/t12-/m0/s1. The van der Waals surface area contributed by atoms with Crippen LogP contribution < -0.4 is 0 Å². The van der Waals surface area contributed by atoms with E-state index < -0.39 is 0 Å². The molecule has 1 aliphatic heterocycles. The lowest BCUT2D eigenvalue weighted by molar-refractivity contribution is 0.0786. The number of fused-ring (bicyclic) bond motifs is 2. The Kier molecular flexibility index (Phi) is 4.47. The molecule has 1 N–H and O–H groups in total. The number of thiophene rings is 1. The Hall–Kier alpha value is -3.33. The number of hydrogen-bond donors (Lipinski definition) is 1. The van der Waals surface area contributed by atoms with Crippen molar-refractivity contribution in [3.63, 3.8) is 0 Å². The van der Waals surface area contributed by atoms with E-state index in [2.05, 4.69) is 20.2 Å². The lowest BCUT2D eigenvalue weighted by Crippen LogP contribution is -2.29. The van der Waals surface area contributed by atoms with Gasteiger partial charge >= 0.3 is 0 Å². The number of carbonyl (C=O) groups excluding carboxylic acids is 2. The molecule has 1 aromatic carbocycles. The van der Waals surface area contributed by atoms with Crippen molar-refractivity contribution in [3.05, 3.63) is 52.8 Å². The fourth-order valence-electron chi connectivity index (χ4n) is 4.04. The highest BCUT2D eigenvalue weighted by atomic mass is 32.1. The number of aromatic nitrogens is 4. The predicted octanol–water partition coefficient (Wildman–Crippen LogP) is 2.90. The molecule has 0 bridgehead atoms. The summed E-state index contributed by atoms with van der Waals surface area (Å²) in [6.45, 7) is 1.13. The van der Waals surface area contributed by atoms with Crippen LogP contribution in [0.4, 0.5) is 0 Å². The molecule has 1 aliphatic rings. The largest absolute Gasteiger partial charge is 0.344 e. The van der Waals surface area contributed by atoms with Crippen molar-refractivity contribution < 1.29 is 9.59 Å². The van der Waals surface area contributed by atoms with Crippen molar-refractivity contribution in [1.82, 2.24) is 30.0 Å². The Morgan fingerprint density at radius 2 is 2.00 bits per heavy atom. The summed E-state index contributed by atoms with van der Waals surface area (Å²) in [7, 11) is 3.48. The third-order valence-corrected chi connectivity index (χ3v) is 6.61. The van der Waals surface area contributed by atoms with E-state index >= 15 is 0 Å². The molecule has 4 aromatic rings. The van der Waals surface area contributed by atoms with Gasteiger partial charge in [0.05, 0.1) is 10.4 Å². The molecule has 0 radical (unpaired) electrons. The number of amides is 2. The van der Waals surface area contributed by atoms with Crippen molar-refractivity contribution >= 4 is 44.4 Å². The summed E-state index contributed by atoms with van der Waals surface area (Å²) >= 11 is 1.37. The van der Waals surface area contributed by atoms with Crippen LogP contribution in [-0.2, 0) is 0 Å².